The van der Waals surface area contributed by atoms with Crippen LogP contribution in [-0.4, -0.2) is 11.3 Å². The second-order valence-corrected chi connectivity index (χ2v) is 4.66. The minimum atomic E-state index is -4.24. The van der Waals surface area contributed by atoms with Gasteiger partial charge in [-0.25, -0.2) is 0 Å². The van der Waals surface area contributed by atoms with E-state index in [0.717, 1.165) is 6.42 Å². The number of nitrogens with zero attached hydrogens (tertiary/aromatic N) is 1. The molecule has 2 N–H and O–H groups in total. The molecule has 17 heavy (non-hydrogen) atoms. The highest BCUT2D eigenvalue weighted by molar-refractivity contribution is 6.33. The number of halogens is 4. The lowest BCUT2D eigenvalue weighted by Crippen LogP contribution is -2.31. The monoisotopic (exact) mass is 268 g/mol. The molecule has 2 atom stereocenters. The van der Waals surface area contributed by atoms with Crippen molar-refractivity contribution in [2.24, 2.45) is 5.92 Å². The fraction of sp³-hybridized carbons (Fsp3) is 0.700. The van der Waals surface area contributed by atoms with Gasteiger partial charge in [-0.1, -0.05) is 29.6 Å². The zero-order chi connectivity index (χ0) is 12.6. The van der Waals surface area contributed by atoms with Gasteiger partial charge in [-0.05, 0) is 12.8 Å². The van der Waals surface area contributed by atoms with Gasteiger partial charge in [-0.2, -0.15) is 13.2 Å². The number of hydrogen-bond acceptors (Lipinski definition) is 3. The quantitative estimate of drug-likeness (QED) is 0.844. The van der Waals surface area contributed by atoms with Gasteiger partial charge in [0.25, 0.3) is 0 Å². The molecule has 0 amide bonds. The van der Waals surface area contributed by atoms with E-state index in [0.29, 0.717) is 12.8 Å². The first-order chi connectivity index (χ1) is 7.91. The molecule has 7 heteroatoms. The largest absolute Gasteiger partial charge is 0.392 e. The summed E-state index contributed by atoms with van der Waals surface area (Å²) in [5.41, 5.74) is 5.38. The van der Waals surface area contributed by atoms with E-state index < -0.39 is 18.0 Å². The molecule has 0 aromatic carbocycles. The Morgan fingerprint density at radius 3 is 2.47 bits per heavy atom. The molecule has 1 aromatic rings. The van der Waals surface area contributed by atoms with Crippen LogP contribution in [0.1, 0.15) is 37.4 Å². The molecule has 2 unspecified atom stereocenters. The predicted octanol–water partition coefficient (Wildman–Crippen LogP) is 3.75. The Morgan fingerprint density at radius 2 is 1.94 bits per heavy atom. The summed E-state index contributed by atoms with van der Waals surface area (Å²) < 4.78 is 43.5. The molecule has 2 rings (SSSR count). The second-order valence-electron chi connectivity index (χ2n) is 4.29. The van der Waals surface area contributed by atoms with Crippen molar-refractivity contribution in [1.29, 1.82) is 0 Å². The maximum atomic E-state index is 12.9. The summed E-state index contributed by atoms with van der Waals surface area (Å²) in [4.78, 5) is 0. The van der Waals surface area contributed by atoms with Crippen molar-refractivity contribution in [3.8, 4) is 0 Å². The van der Waals surface area contributed by atoms with Crippen molar-refractivity contribution in [1.82, 2.24) is 5.16 Å². The van der Waals surface area contributed by atoms with Crippen LogP contribution in [0.3, 0.4) is 0 Å². The Bertz CT molecular complexity index is 405. The van der Waals surface area contributed by atoms with Gasteiger partial charge in [0.2, 0.25) is 0 Å². The standard InChI is InChI=1S/C10H12ClF3N2O/c11-7-8(17-16-9(7)15)5-3-1-2-4-6(5)10(12,13)14/h5-6H,1-4H2,(H2,15,16). The van der Waals surface area contributed by atoms with Gasteiger partial charge in [-0.15, -0.1) is 0 Å². The van der Waals surface area contributed by atoms with E-state index in [4.69, 9.17) is 21.9 Å². The number of nitrogen functional groups attached to an aromatic ring is 1. The minimum absolute atomic E-state index is 0.0196. The molecule has 1 fully saturated rings. The lowest BCUT2D eigenvalue weighted by atomic mass is 9.77. The molecule has 3 nitrogen and oxygen atoms in total. The van der Waals surface area contributed by atoms with Gasteiger partial charge >= 0.3 is 6.18 Å². The van der Waals surface area contributed by atoms with Crippen molar-refractivity contribution < 1.29 is 17.7 Å². The SMILES string of the molecule is Nc1noc(C2CCCCC2C(F)(F)F)c1Cl. The lowest BCUT2D eigenvalue weighted by Gasteiger charge is -2.31. The topological polar surface area (TPSA) is 52.0 Å². The first kappa shape index (κ1) is 12.5. The van der Waals surface area contributed by atoms with Gasteiger partial charge in [0, 0.05) is 5.92 Å². The summed E-state index contributed by atoms with van der Waals surface area (Å²) in [6.45, 7) is 0. The Labute approximate surface area is 101 Å². The third-order valence-corrected chi connectivity index (χ3v) is 3.59. The van der Waals surface area contributed by atoms with Crippen molar-refractivity contribution in [2.75, 3.05) is 5.73 Å². The molecular weight excluding hydrogens is 257 g/mol. The average molecular weight is 269 g/mol. The van der Waals surface area contributed by atoms with Gasteiger partial charge in [-0.3, -0.25) is 0 Å². The van der Waals surface area contributed by atoms with E-state index in [-0.39, 0.29) is 23.0 Å². The average Bonchev–Trinajstić information content (AvgIpc) is 2.59. The summed E-state index contributed by atoms with van der Waals surface area (Å²) in [5, 5.41) is 3.43. The van der Waals surface area contributed by atoms with E-state index >= 15 is 0 Å². The van der Waals surface area contributed by atoms with Crippen LogP contribution in [0.5, 0.6) is 0 Å². The van der Waals surface area contributed by atoms with Crippen molar-refractivity contribution >= 4 is 17.4 Å². The van der Waals surface area contributed by atoms with Crippen LogP contribution in [0.4, 0.5) is 19.0 Å². The van der Waals surface area contributed by atoms with Crippen LogP contribution in [-0.2, 0) is 0 Å². The zero-order valence-corrected chi connectivity index (χ0v) is 9.68. The zero-order valence-electron chi connectivity index (χ0n) is 8.93. The normalized spacial score (nSPS) is 26.1. The Morgan fingerprint density at radius 1 is 1.29 bits per heavy atom. The van der Waals surface area contributed by atoms with E-state index in [9.17, 15) is 13.2 Å². The van der Waals surface area contributed by atoms with E-state index in [1.165, 1.54) is 0 Å². The van der Waals surface area contributed by atoms with Gasteiger partial charge in [0.15, 0.2) is 11.6 Å². The van der Waals surface area contributed by atoms with Crippen LogP contribution in [0.25, 0.3) is 0 Å². The molecular formula is C10H12ClF3N2O. The molecule has 0 spiro atoms. The first-order valence-corrected chi connectivity index (χ1v) is 5.76. The summed E-state index contributed by atoms with van der Waals surface area (Å²) in [6.07, 6.45) is -2.43. The fourth-order valence-electron chi connectivity index (χ4n) is 2.37. The van der Waals surface area contributed by atoms with Crippen molar-refractivity contribution in [3.05, 3.63) is 10.8 Å². The number of aromatic nitrogens is 1. The van der Waals surface area contributed by atoms with Crippen LogP contribution in [0.15, 0.2) is 4.52 Å². The maximum absolute atomic E-state index is 12.9. The van der Waals surface area contributed by atoms with Crippen molar-refractivity contribution in [2.45, 2.75) is 37.8 Å². The number of anilines is 1. The molecule has 1 saturated carbocycles. The Hall–Kier alpha value is -0.910. The van der Waals surface area contributed by atoms with Crippen LogP contribution < -0.4 is 5.73 Å². The molecule has 96 valence electrons. The smallest absolute Gasteiger partial charge is 0.380 e. The molecule has 1 aliphatic carbocycles. The highest BCUT2D eigenvalue weighted by Gasteiger charge is 2.48. The van der Waals surface area contributed by atoms with Gasteiger partial charge < -0.3 is 10.3 Å². The number of alkyl halides is 3. The molecule has 0 bridgehead atoms. The predicted molar refractivity (Wildman–Crippen MR) is 56.7 cm³/mol. The number of nitrogens with two attached hydrogens (primary N) is 1. The van der Waals surface area contributed by atoms with E-state index in [2.05, 4.69) is 5.16 Å². The fourth-order valence-corrected chi connectivity index (χ4v) is 2.58. The molecule has 0 saturated heterocycles. The number of hydrogen-bond donors (Lipinski definition) is 1. The van der Waals surface area contributed by atoms with Crippen LogP contribution >= 0.6 is 11.6 Å². The summed E-state index contributed by atoms with van der Waals surface area (Å²) in [5.74, 6) is -2.15. The molecule has 1 aromatic heterocycles. The highest BCUT2D eigenvalue weighted by atomic mass is 35.5. The summed E-state index contributed by atoms with van der Waals surface area (Å²) in [6, 6.07) is 0. The summed E-state index contributed by atoms with van der Waals surface area (Å²) >= 11 is 5.81. The molecule has 1 heterocycles. The molecule has 1 aliphatic rings. The first-order valence-electron chi connectivity index (χ1n) is 5.38. The second kappa shape index (κ2) is 4.40. The maximum Gasteiger partial charge on any atom is 0.392 e. The van der Waals surface area contributed by atoms with Crippen LogP contribution in [0, 0.1) is 5.92 Å². The third kappa shape index (κ3) is 2.36. The summed E-state index contributed by atoms with van der Waals surface area (Å²) in [7, 11) is 0. The molecule has 0 radical (unpaired) electrons. The van der Waals surface area contributed by atoms with Crippen LogP contribution in [0.2, 0.25) is 5.02 Å². The number of rotatable bonds is 1. The Kier molecular flexibility index (Phi) is 3.25. The highest BCUT2D eigenvalue weighted by Crippen LogP contribution is 2.48. The van der Waals surface area contributed by atoms with E-state index in [1.54, 1.807) is 0 Å². The van der Waals surface area contributed by atoms with E-state index in [1.807, 2.05) is 0 Å². The third-order valence-electron chi connectivity index (χ3n) is 3.21. The Balaban J connectivity index is 2.31. The lowest BCUT2D eigenvalue weighted by molar-refractivity contribution is -0.188. The minimum Gasteiger partial charge on any atom is -0.380 e. The van der Waals surface area contributed by atoms with Gasteiger partial charge in [0.05, 0.1) is 5.92 Å². The van der Waals surface area contributed by atoms with Crippen molar-refractivity contribution in [3.63, 3.8) is 0 Å². The van der Waals surface area contributed by atoms with Gasteiger partial charge in [0.1, 0.15) is 5.02 Å². The molecule has 0 aliphatic heterocycles.